The van der Waals surface area contributed by atoms with Gasteiger partial charge < -0.3 is 9.73 Å². The zero-order valence-electron chi connectivity index (χ0n) is 13.9. The first kappa shape index (κ1) is 17.9. The summed E-state index contributed by atoms with van der Waals surface area (Å²) >= 11 is 3.39. The number of furan rings is 1. The largest absolute Gasteiger partial charge is 0.459 e. The molecule has 1 heterocycles. The third kappa shape index (κ3) is 4.00. The van der Waals surface area contributed by atoms with Gasteiger partial charge in [0, 0.05) is 27.2 Å². The number of amides is 1. The summed E-state index contributed by atoms with van der Waals surface area (Å²) in [7, 11) is 0. The first-order valence-corrected chi connectivity index (χ1v) is 8.61. The first-order valence-electron chi connectivity index (χ1n) is 7.82. The highest BCUT2D eigenvalue weighted by Gasteiger charge is 2.14. The number of nitro benzene ring substituents is 1. The van der Waals surface area contributed by atoms with Crippen LogP contribution in [0.4, 0.5) is 5.69 Å². The molecule has 0 bridgehead atoms. The Kier molecular flexibility index (Phi) is 5.18. The normalized spacial score (nSPS) is 10.5. The molecule has 0 fully saturated rings. The predicted octanol–water partition coefficient (Wildman–Crippen LogP) is 4.86. The van der Waals surface area contributed by atoms with Crippen molar-refractivity contribution in [2.45, 2.75) is 13.5 Å². The smallest absolute Gasteiger partial charge is 0.272 e. The number of halogens is 1. The van der Waals surface area contributed by atoms with Crippen LogP contribution in [0.5, 0.6) is 0 Å². The van der Waals surface area contributed by atoms with Crippen LogP contribution in [0, 0.1) is 17.0 Å². The third-order valence-electron chi connectivity index (χ3n) is 3.87. The molecule has 1 aromatic heterocycles. The summed E-state index contributed by atoms with van der Waals surface area (Å²) < 4.78 is 6.74. The first-order chi connectivity index (χ1) is 12.4. The van der Waals surface area contributed by atoms with Crippen LogP contribution >= 0.6 is 15.9 Å². The number of rotatable bonds is 5. The highest BCUT2D eigenvalue weighted by Crippen LogP contribution is 2.24. The number of nitro groups is 1. The van der Waals surface area contributed by atoms with Gasteiger partial charge in [-0.1, -0.05) is 28.1 Å². The average molecular weight is 415 g/mol. The highest BCUT2D eigenvalue weighted by atomic mass is 79.9. The zero-order chi connectivity index (χ0) is 18.7. The van der Waals surface area contributed by atoms with Crippen LogP contribution in [0.15, 0.2) is 63.5 Å². The van der Waals surface area contributed by atoms with Crippen molar-refractivity contribution in [1.82, 2.24) is 5.32 Å². The number of hydrogen-bond donors (Lipinski definition) is 1. The summed E-state index contributed by atoms with van der Waals surface area (Å²) in [6.45, 7) is 1.83. The van der Waals surface area contributed by atoms with Crippen LogP contribution in [0.25, 0.3) is 11.3 Å². The van der Waals surface area contributed by atoms with E-state index in [4.69, 9.17) is 4.42 Å². The molecule has 6 nitrogen and oxygen atoms in total. The third-order valence-corrected chi connectivity index (χ3v) is 4.40. The van der Waals surface area contributed by atoms with E-state index in [-0.39, 0.29) is 18.1 Å². The maximum atomic E-state index is 12.2. The molecule has 0 spiro atoms. The molecule has 0 atom stereocenters. The van der Waals surface area contributed by atoms with E-state index in [9.17, 15) is 14.9 Å². The predicted molar refractivity (Wildman–Crippen MR) is 101 cm³/mol. The van der Waals surface area contributed by atoms with Gasteiger partial charge >= 0.3 is 0 Å². The van der Waals surface area contributed by atoms with Gasteiger partial charge in [0.05, 0.1) is 11.5 Å². The van der Waals surface area contributed by atoms with Crippen molar-refractivity contribution < 1.29 is 14.1 Å². The zero-order valence-corrected chi connectivity index (χ0v) is 15.4. The fourth-order valence-electron chi connectivity index (χ4n) is 2.51. The van der Waals surface area contributed by atoms with Gasteiger partial charge in [0.25, 0.3) is 11.6 Å². The second-order valence-corrected chi connectivity index (χ2v) is 6.63. The molecule has 0 aliphatic carbocycles. The molecule has 0 unspecified atom stereocenters. The molecular formula is C19H15BrN2O4. The van der Waals surface area contributed by atoms with Gasteiger partial charge in [-0.3, -0.25) is 14.9 Å². The Bertz CT molecular complexity index is 964. The lowest BCUT2D eigenvalue weighted by Crippen LogP contribution is -2.22. The van der Waals surface area contributed by atoms with Gasteiger partial charge in [-0.05, 0) is 43.3 Å². The molecule has 26 heavy (non-hydrogen) atoms. The molecule has 1 N–H and O–H groups in total. The van der Waals surface area contributed by atoms with Gasteiger partial charge in [0.1, 0.15) is 11.5 Å². The van der Waals surface area contributed by atoms with E-state index in [2.05, 4.69) is 21.2 Å². The number of carbonyl (C=O) groups is 1. The van der Waals surface area contributed by atoms with Crippen molar-refractivity contribution in [3.8, 4) is 11.3 Å². The standard InChI is InChI=1S/C19H15BrN2O4/c1-12-10-14(4-8-17(12)22(24)25)19(23)21-11-16-7-9-18(26-16)13-2-5-15(20)6-3-13/h2-10H,11H2,1H3,(H,21,23). The van der Waals surface area contributed by atoms with Crippen LogP contribution in [0.2, 0.25) is 0 Å². The second kappa shape index (κ2) is 7.53. The molecule has 132 valence electrons. The number of nitrogens with one attached hydrogen (secondary N) is 1. The van der Waals surface area contributed by atoms with Crippen molar-refractivity contribution in [3.63, 3.8) is 0 Å². The van der Waals surface area contributed by atoms with Crippen LogP contribution < -0.4 is 5.32 Å². The Morgan fingerprint density at radius 3 is 2.54 bits per heavy atom. The van der Waals surface area contributed by atoms with Crippen LogP contribution in [0.1, 0.15) is 21.7 Å². The summed E-state index contributed by atoms with van der Waals surface area (Å²) in [5.41, 5.74) is 1.74. The topological polar surface area (TPSA) is 85.4 Å². The maximum absolute atomic E-state index is 12.2. The van der Waals surface area contributed by atoms with Gasteiger partial charge in [0.15, 0.2) is 0 Å². The second-order valence-electron chi connectivity index (χ2n) is 5.71. The van der Waals surface area contributed by atoms with Crippen molar-refractivity contribution in [2.24, 2.45) is 0 Å². The number of hydrogen-bond acceptors (Lipinski definition) is 4. The van der Waals surface area contributed by atoms with E-state index in [0.29, 0.717) is 22.6 Å². The molecule has 7 heteroatoms. The molecule has 1 amide bonds. The van der Waals surface area contributed by atoms with E-state index in [0.717, 1.165) is 10.0 Å². The van der Waals surface area contributed by atoms with Crippen molar-refractivity contribution in [2.75, 3.05) is 0 Å². The molecule has 0 aliphatic rings. The minimum Gasteiger partial charge on any atom is -0.459 e. The average Bonchev–Trinajstić information content (AvgIpc) is 3.09. The summed E-state index contributed by atoms with van der Waals surface area (Å²) in [4.78, 5) is 22.6. The summed E-state index contributed by atoms with van der Waals surface area (Å²) in [6.07, 6.45) is 0. The Morgan fingerprint density at radius 2 is 1.88 bits per heavy atom. The summed E-state index contributed by atoms with van der Waals surface area (Å²) in [5.74, 6) is 1.02. The fourth-order valence-corrected chi connectivity index (χ4v) is 2.78. The van der Waals surface area contributed by atoms with E-state index < -0.39 is 4.92 Å². The molecule has 0 radical (unpaired) electrons. The number of carbonyl (C=O) groups excluding carboxylic acids is 1. The van der Waals surface area contributed by atoms with E-state index in [1.807, 2.05) is 30.3 Å². The van der Waals surface area contributed by atoms with Gasteiger partial charge in [-0.2, -0.15) is 0 Å². The maximum Gasteiger partial charge on any atom is 0.272 e. The molecule has 2 aromatic carbocycles. The minimum atomic E-state index is -0.469. The SMILES string of the molecule is Cc1cc(C(=O)NCc2ccc(-c3ccc(Br)cc3)o2)ccc1[N+](=O)[O-]. The molecule has 0 saturated heterocycles. The Morgan fingerprint density at radius 1 is 1.15 bits per heavy atom. The van der Waals surface area contributed by atoms with Crippen molar-refractivity contribution in [3.05, 3.63) is 86.1 Å². The van der Waals surface area contributed by atoms with Gasteiger partial charge in [-0.15, -0.1) is 0 Å². The molecule has 3 rings (SSSR count). The molecular weight excluding hydrogens is 400 g/mol. The number of aryl methyl sites for hydroxylation is 1. The Labute approximate surface area is 158 Å². The Hall–Kier alpha value is -2.93. The number of benzene rings is 2. The van der Waals surface area contributed by atoms with E-state index in [1.54, 1.807) is 13.0 Å². The lowest BCUT2D eigenvalue weighted by molar-refractivity contribution is -0.385. The van der Waals surface area contributed by atoms with Crippen LogP contribution in [-0.2, 0) is 6.54 Å². The quantitative estimate of drug-likeness (QED) is 0.477. The monoisotopic (exact) mass is 414 g/mol. The van der Waals surface area contributed by atoms with Crippen LogP contribution in [0.3, 0.4) is 0 Å². The van der Waals surface area contributed by atoms with Crippen molar-refractivity contribution in [1.29, 1.82) is 0 Å². The molecule has 0 saturated carbocycles. The van der Waals surface area contributed by atoms with E-state index in [1.165, 1.54) is 18.2 Å². The summed E-state index contributed by atoms with van der Waals surface area (Å²) in [6, 6.07) is 15.7. The van der Waals surface area contributed by atoms with Crippen molar-refractivity contribution >= 4 is 27.5 Å². The van der Waals surface area contributed by atoms with E-state index >= 15 is 0 Å². The van der Waals surface area contributed by atoms with Gasteiger partial charge in [-0.25, -0.2) is 0 Å². The molecule has 3 aromatic rings. The lowest BCUT2D eigenvalue weighted by Gasteiger charge is -2.05. The fraction of sp³-hybridized carbons (Fsp3) is 0.105. The minimum absolute atomic E-state index is 0.00766. The molecule has 0 aliphatic heterocycles. The van der Waals surface area contributed by atoms with Crippen LogP contribution in [-0.4, -0.2) is 10.8 Å². The number of nitrogens with zero attached hydrogens (tertiary/aromatic N) is 1. The summed E-state index contributed by atoms with van der Waals surface area (Å²) in [5, 5.41) is 13.6. The Balaban J connectivity index is 1.66. The lowest BCUT2D eigenvalue weighted by atomic mass is 10.1. The highest BCUT2D eigenvalue weighted by molar-refractivity contribution is 9.10. The van der Waals surface area contributed by atoms with Gasteiger partial charge in [0.2, 0.25) is 0 Å².